The van der Waals surface area contributed by atoms with E-state index >= 15 is 0 Å². The smallest absolute Gasteiger partial charge is 0.436 e. The molecule has 1 aromatic heterocycles. The van der Waals surface area contributed by atoms with Crippen LogP contribution in [0.1, 0.15) is 43.8 Å². The highest BCUT2D eigenvalue weighted by atomic mass is 79.9. The monoisotopic (exact) mass is 569 g/mol. The highest BCUT2D eigenvalue weighted by molar-refractivity contribution is 9.10. The van der Waals surface area contributed by atoms with Crippen molar-refractivity contribution in [2.24, 2.45) is 0 Å². The summed E-state index contributed by atoms with van der Waals surface area (Å²) in [5, 5.41) is 6.28. The normalized spacial score (nSPS) is 12.2. The Labute approximate surface area is 215 Å². The van der Waals surface area contributed by atoms with Crippen LogP contribution in [-0.4, -0.2) is 28.9 Å². The molecule has 0 aliphatic heterocycles. The minimum atomic E-state index is -4.63. The van der Waals surface area contributed by atoms with Gasteiger partial charge in [0.25, 0.3) is 0 Å². The van der Waals surface area contributed by atoms with Crippen LogP contribution in [0.3, 0.4) is 0 Å². The first-order valence-corrected chi connectivity index (χ1v) is 12.1. The van der Waals surface area contributed by atoms with Gasteiger partial charge in [0.1, 0.15) is 18.4 Å². The lowest BCUT2D eigenvalue weighted by atomic mass is 10.2. The standard InChI is InChI=1S/C25H27BrF3N3O4/c1-5-34-20-12-7-17(13-21(20)35-6-2)14-36-19-10-8-18(9-11-19)30-24(33)16(4)32-15(3)22(26)23(31-32)25(27,28)29/h7-13,16H,5-6,14H2,1-4H3,(H,30,33). The summed E-state index contributed by atoms with van der Waals surface area (Å²) in [6.07, 6.45) is -4.63. The number of rotatable bonds is 10. The van der Waals surface area contributed by atoms with Crippen molar-refractivity contribution in [2.75, 3.05) is 18.5 Å². The van der Waals surface area contributed by atoms with Crippen LogP contribution in [0.15, 0.2) is 46.9 Å². The van der Waals surface area contributed by atoms with Crippen LogP contribution >= 0.6 is 15.9 Å². The van der Waals surface area contributed by atoms with Crippen molar-refractivity contribution < 1.29 is 32.2 Å². The quantitative estimate of drug-likeness (QED) is 0.299. The Morgan fingerprint density at radius 3 is 2.28 bits per heavy atom. The summed E-state index contributed by atoms with van der Waals surface area (Å²) in [5.74, 6) is 1.39. The maximum Gasteiger partial charge on any atom is 0.436 e. The van der Waals surface area contributed by atoms with Gasteiger partial charge in [-0.2, -0.15) is 18.3 Å². The second-order valence-electron chi connectivity index (χ2n) is 7.82. The molecule has 1 heterocycles. The number of alkyl halides is 3. The molecule has 0 saturated heterocycles. The largest absolute Gasteiger partial charge is 0.490 e. The van der Waals surface area contributed by atoms with Gasteiger partial charge in [0, 0.05) is 5.69 Å². The van der Waals surface area contributed by atoms with Crippen molar-refractivity contribution in [1.29, 1.82) is 0 Å². The molecule has 3 aromatic rings. The van der Waals surface area contributed by atoms with Crippen LogP contribution in [-0.2, 0) is 17.6 Å². The fourth-order valence-corrected chi connectivity index (χ4v) is 3.89. The minimum absolute atomic E-state index is 0.183. The van der Waals surface area contributed by atoms with Crippen molar-refractivity contribution in [3.63, 3.8) is 0 Å². The molecular formula is C25H27BrF3N3O4. The minimum Gasteiger partial charge on any atom is -0.490 e. The van der Waals surface area contributed by atoms with E-state index in [0.717, 1.165) is 10.2 Å². The van der Waals surface area contributed by atoms with Crippen LogP contribution in [0, 0.1) is 6.92 Å². The van der Waals surface area contributed by atoms with Crippen molar-refractivity contribution in [3.05, 3.63) is 63.9 Å². The van der Waals surface area contributed by atoms with Gasteiger partial charge >= 0.3 is 6.18 Å². The Hall–Kier alpha value is -3.21. The number of aromatic nitrogens is 2. The number of carbonyl (C=O) groups is 1. The van der Waals surface area contributed by atoms with Gasteiger partial charge in [-0.15, -0.1) is 0 Å². The fraction of sp³-hybridized carbons (Fsp3) is 0.360. The third kappa shape index (κ3) is 6.51. The molecule has 1 N–H and O–H groups in total. The van der Waals surface area contributed by atoms with Gasteiger partial charge in [0.2, 0.25) is 5.91 Å². The van der Waals surface area contributed by atoms with Crippen LogP contribution in [0.5, 0.6) is 17.2 Å². The Morgan fingerprint density at radius 1 is 1.06 bits per heavy atom. The molecule has 7 nitrogen and oxygen atoms in total. The lowest BCUT2D eigenvalue weighted by Gasteiger charge is -2.15. The molecule has 0 aliphatic carbocycles. The summed E-state index contributed by atoms with van der Waals surface area (Å²) < 4.78 is 57.3. The molecule has 0 radical (unpaired) electrons. The number of nitrogens with one attached hydrogen (secondary N) is 1. The third-order valence-corrected chi connectivity index (χ3v) is 6.18. The number of benzene rings is 2. The van der Waals surface area contributed by atoms with E-state index in [4.69, 9.17) is 14.2 Å². The molecule has 1 atom stereocenters. The average molecular weight is 570 g/mol. The summed E-state index contributed by atoms with van der Waals surface area (Å²) in [6, 6.07) is 11.3. The van der Waals surface area contributed by atoms with Crippen LogP contribution < -0.4 is 19.5 Å². The first-order valence-electron chi connectivity index (χ1n) is 11.3. The van der Waals surface area contributed by atoms with E-state index in [-0.39, 0.29) is 10.2 Å². The fourth-order valence-electron chi connectivity index (χ4n) is 3.40. The molecule has 194 valence electrons. The van der Waals surface area contributed by atoms with Crippen LogP contribution in [0.4, 0.5) is 18.9 Å². The summed E-state index contributed by atoms with van der Waals surface area (Å²) in [7, 11) is 0. The van der Waals surface area contributed by atoms with E-state index in [2.05, 4.69) is 26.3 Å². The Bertz CT molecular complexity index is 1200. The second kappa shape index (κ2) is 11.7. The molecule has 11 heteroatoms. The molecule has 0 bridgehead atoms. The Morgan fingerprint density at radius 2 is 1.69 bits per heavy atom. The van der Waals surface area contributed by atoms with Crippen molar-refractivity contribution in [2.45, 2.75) is 46.5 Å². The molecule has 1 amide bonds. The highest BCUT2D eigenvalue weighted by Crippen LogP contribution is 2.36. The second-order valence-corrected chi connectivity index (χ2v) is 8.61. The van der Waals surface area contributed by atoms with Gasteiger partial charge in [0.05, 0.1) is 23.4 Å². The van der Waals surface area contributed by atoms with Gasteiger partial charge in [-0.25, -0.2) is 0 Å². The molecule has 0 spiro atoms. The number of halogens is 4. The molecule has 1 unspecified atom stereocenters. The van der Waals surface area contributed by atoms with Gasteiger partial charge in [-0.3, -0.25) is 9.48 Å². The molecule has 36 heavy (non-hydrogen) atoms. The van der Waals surface area contributed by atoms with E-state index in [0.29, 0.717) is 42.8 Å². The van der Waals surface area contributed by atoms with Crippen LogP contribution in [0.2, 0.25) is 0 Å². The zero-order chi connectivity index (χ0) is 26.5. The number of ether oxygens (including phenoxy) is 3. The summed E-state index contributed by atoms with van der Waals surface area (Å²) in [5.41, 5.74) is 0.503. The lowest BCUT2D eigenvalue weighted by Crippen LogP contribution is -2.25. The van der Waals surface area contributed by atoms with Gasteiger partial charge in [-0.05, 0) is 85.6 Å². The number of hydrogen-bond donors (Lipinski definition) is 1. The number of anilines is 1. The van der Waals surface area contributed by atoms with Crippen molar-refractivity contribution >= 4 is 27.5 Å². The lowest BCUT2D eigenvalue weighted by molar-refractivity contribution is -0.142. The molecule has 0 fully saturated rings. The maximum absolute atomic E-state index is 13.1. The van der Waals surface area contributed by atoms with E-state index < -0.39 is 23.8 Å². The van der Waals surface area contributed by atoms with E-state index in [9.17, 15) is 18.0 Å². The number of hydrogen-bond acceptors (Lipinski definition) is 5. The third-order valence-electron chi connectivity index (χ3n) is 5.23. The molecule has 0 aliphatic rings. The maximum atomic E-state index is 13.1. The average Bonchev–Trinajstić information content (AvgIpc) is 3.14. The predicted molar refractivity (Wildman–Crippen MR) is 133 cm³/mol. The molecule has 3 rings (SSSR count). The van der Waals surface area contributed by atoms with Gasteiger partial charge in [0.15, 0.2) is 17.2 Å². The highest BCUT2D eigenvalue weighted by Gasteiger charge is 2.39. The van der Waals surface area contributed by atoms with Crippen LogP contribution in [0.25, 0.3) is 0 Å². The zero-order valence-corrected chi connectivity index (χ0v) is 21.9. The Balaban J connectivity index is 1.62. The molecule has 0 saturated carbocycles. The van der Waals surface area contributed by atoms with Gasteiger partial charge < -0.3 is 19.5 Å². The first kappa shape index (κ1) is 27.4. The predicted octanol–water partition coefficient (Wildman–Crippen LogP) is 6.55. The molecular weight excluding hydrogens is 543 g/mol. The summed E-state index contributed by atoms with van der Waals surface area (Å²) >= 11 is 2.92. The van der Waals surface area contributed by atoms with Crippen molar-refractivity contribution in [3.8, 4) is 17.2 Å². The summed E-state index contributed by atoms with van der Waals surface area (Å²) in [4.78, 5) is 12.7. The van der Waals surface area contributed by atoms with E-state index in [1.807, 2.05) is 32.0 Å². The number of nitrogens with zero attached hydrogens (tertiary/aromatic N) is 2. The number of amides is 1. The zero-order valence-electron chi connectivity index (χ0n) is 20.3. The molecule has 2 aromatic carbocycles. The topological polar surface area (TPSA) is 74.6 Å². The first-order chi connectivity index (χ1) is 17.0. The van der Waals surface area contributed by atoms with Crippen molar-refractivity contribution in [1.82, 2.24) is 9.78 Å². The van der Waals surface area contributed by atoms with E-state index in [1.165, 1.54) is 13.8 Å². The number of carbonyl (C=O) groups excluding carboxylic acids is 1. The van der Waals surface area contributed by atoms with E-state index in [1.54, 1.807) is 24.3 Å². The van der Waals surface area contributed by atoms with Gasteiger partial charge in [-0.1, -0.05) is 6.07 Å². The summed E-state index contributed by atoms with van der Waals surface area (Å²) in [6.45, 7) is 8.08. The Kier molecular flexibility index (Phi) is 8.89. The SMILES string of the molecule is CCOc1ccc(COc2ccc(NC(=O)C(C)n3nc(C(F)(F)F)c(Br)c3C)cc2)cc1OCC.